The number of ketones is 1. The molecule has 17 heavy (non-hydrogen) atoms. The van der Waals surface area contributed by atoms with Crippen molar-refractivity contribution in [1.82, 2.24) is 0 Å². The van der Waals surface area contributed by atoms with Crippen LogP contribution < -0.4 is 0 Å². The molecule has 0 spiro atoms. The van der Waals surface area contributed by atoms with Crippen molar-refractivity contribution in [3.63, 3.8) is 0 Å². The van der Waals surface area contributed by atoms with Crippen molar-refractivity contribution in [3.8, 4) is 0 Å². The van der Waals surface area contributed by atoms with E-state index >= 15 is 0 Å². The smallest absolute Gasteiger partial charge is 0.138 e. The third kappa shape index (κ3) is 5.86. The topological polar surface area (TPSA) is 17.1 Å². The van der Waals surface area contributed by atoms with Gasteiger partial charge in [-0.05, 0) is 44.9 Å². The molecule has 1 heteroatoms. The lowest BCUT2D eigenvalue weighted by atomic mass is 9.87. The Hall–Kier alpha value is -0.850. The van der Waals surface area contributed by atoms with Crippen LogP contribution in [-0.2, 0) is 4.79 Å². The van der Waals surface area contributed by atoms with Gasteiger partial charge in [-0.3, -0.25) is 4.79 Å². The standard InChI is InChI=1S/C16H26O/c1-14(2)16(17)15-12-10-8-6-4-3-5-7-9-11-13-15/h4,6-7,9,14-15H,3,5,8,10-13H2,1-2H3/b6-4-,9-7+. The van der Waals surface area contributed by atoms with Crippen LogP contribution in [0.5, 0.6) is 0 Å². The van der Waals surface area contributed by atoms with Gasteiger partial charge >= 0.3 is 0 Å². The van der Waals surface area contributed by atoms with E-state index in [9.17, 15) is 4.79 Å². The van der Waals surface area contributed by atoms with E-state index in [0.29, 0.717) is 5.78 Å². The number of carbonyl (C=O) groups is 1. The molecular weight excluding hydrogens is 208 g/mol. The second-order valence-corrected chi connectivity index (χ2v) is 5.28. The van der Waals surface area contributed by atoms with E-state index in [4.69, 9.17) is 0 Å². The van der Waals surface area contributed by atoms with Gasteiger partial charge in [0.25, 0.3) is 0 Å². The summed E-state index contributed by atoms with van der Waals surface area (Å²) in [4.78, 5) is 12.1. The van der Waals surface area contributed by atoms with Crippen LogP contribution in [0.3, 0.4) is 0 Å². The minimum atomic E-state index is 0.187. The zero-order chi connectivity index (χ0) is 12.5. The highest BCUT2D eigenvalue weighted by Gasteiger charge is 2.19. The summed E-state index contributed by atoms with van der Waals surface area (Å²) in [7, 11) is 0. The molecule has 96 valence electrons. The quantitative estimate of drug-likeness (QED) is 0.634. The second kappa shape index (κ2) is 8.27. The van der Waals surface area contributed by atoms with Gasteiger partial charge in [-0.2, -0.15) is 0 Å². The first-order chi connectivity index (χ1) is 8.22. The van der Waals surface area contributed by atoms with Crippen molar-refractivity contribution in [2.24, 2.45) is 11.8 Å². The van der Waals surface area contributed by atoms with Gasteiger partial charge in [-0.1, -0.05) is 38.2 Å². The molecule has 1 nitrogen and oxygen atoms in total. The lowest BCUT2D eigenvalue weighted by Crippen LogP contribution is -2.19. The molecule has 0 aromatic heterocycles. The maximum atomic E-state index is 12.1. The summed E-state index contributed by atoms with van der Waals surface area (Å²) in [5.74, 6) is 0.930. The molecular formula is C16H26O. The molecule has 1 atom stereocenters. The summed E-state index contributed by atoms with van der Waals surface area (Å²) in [5, 5.41) is 0. The molecule has 0 aromatic carbocycles. The van der Waals surface area contributed by atoms with Gasteiger partial charge < -0.3 is 0 Å². The average molecular weight is 234 g/mol. The number of Topliss-reactive ketones (excluding diaryl/α,β-unsaturated/α-hetero) is 1. The van der Waals surface area contributed by atoms with Gasteiger partial charge in [-0.15, -0.1) is 0 Å². The number of rotatable bonds is 2. The Labute approximate surface area is 106 Å². The highest BCUT2D eigenvalue weighted by Crippen LogP contribution is 2.21. The SMILES string of the molecule is CC(C)C(=O)C1CC/C=C/CC/C=C\CCC1. The molecule has 0 amide bonds. The second-order valence-electron chi connectivity index (χ2n) is 5.28. The van der Waals surface area contributed by atoms with Gasteiger partial charge in [0.05, 0.1) is 0 Å². The monoisotopic (exact) mass is 234 g/mol. The number of hydrogen-bond acceptors (Lipinski definition) is 1. The van der Waals surface area contributed by atoms with E-state index in [0.717, 1.165) is 44.9 Å². The van der Waals surface area contributed by atoms with E-state index in [1.54, 1.807) is 0 Å². The molecule has 0 N–H and O–H groups in total. The Kier molecular flexibility index (Phi) is 6.91. The zero-order valence-electron chi connectivity index (χ0n) is 11.3. The van der Waals surface area contributed by atoms with Gasteiger partial charge in [-0.25, -0.2) is 0 Å². The average Bonchev–Trinajstić information content (AvgIpc) is 2.29. The molecule has 0 heterocycles. The van der Waals surface area contributed by atoms with Crippen molar-refractivity contribution in [2.75, 3.05) is 0 Å². The lowest BCUT2D eigenvalue weighted by molar-refractivity contribution is -0.126. The summed E-state index contributed by atoms with van der Waals surface area (Å²) >= 11 is 0. The van der Waals surface area contributed by atoms with Gasteiger partial charge in [0.1, 0.15) is 5.78 Å². The van der Waals surface area contributed by atoms with Crippen LogP contribution in [0, 0.1) is 11.8 Å². The molecule has 0 aromatic rings. The van der Waals surface area contributed by atoms with Crippen molar-refractivity contribution in [2.45, 2.75) is 58.8 Å². The highest BCUT2D eigenvalue weighted by molar-refractivity contribution is 5.82. The summed E-state index contributed by atoms with van der Waals surface area (Å²) in [6.45, 7) is 4.04. The fourth-order valence-corrected chi connectivity index (χ4v) is 2.34. The van der Waals surface area contributed by atoms with Crippen LogP contribution in [0.2, 0.25) is 0 Å². The highest BCUT2D eigenvalue weighted by atomic mass is 16.1. The molecule has 0 fully saturated rings. The predicted molar refractivity (Wildman–Crippen MR) is 73.9 cm³/mol. The van der Waals surface area contributed by atoms with E-state index in [1.165, 1.54) is 0 Å². The number of allylic oxidation sites excluding steroid dienone is 4. The Morgan fingerprint density at radius 1 is 0.941 bits per heavy atom. The van der Waals surface area contributed by atoms with Crippen LogP contribution in [0.25, 0.3) is 0 Å². The molecule has 0 radical (unpaired) electrons. The van der Waals surface area contributed by atoms with E-state index in [1.807, 2.05) is 13.8 Å². The third-order valence-corrected chi connectivity index (χ3v) is 3.41. The minimum Gasteiger partial charge on any atom is -0.299 e. The normalized spacial score (nSPS) is 26.9. The van der Waals surface area contributed by atoms with Crippen LogP contribution in [0.1, 0.15) is 58.8 Å². The van der Waals surface area contributed by atoms with E-state index < -0.39 is 0 Å². The summed E-state index contributed by atoms with van der Waals surface area (Å²) in [6, 6.07) is 0. The van der Waals surface area contributed by atoms with Crippen LogP contribution >= 0.6 is 0 Å². The van der Waals surface area contributed by atoms with Crippen molar-refractivity contribution in [1.29, 1.82) is 0 Å². The largest absolute Gasteiger partial charge is 0.299 e. The molecule has 0 saturated heterocycles. The Balaban J connectivity index is 2.53. The molecule has 1 unspecified atom stereocenters. The Bertz CT molecular complexity index is 273. The number of hydrogen-bond donors (Lipinski definition) is 0. The van der Waals surface area contributed by atoms with Gasteiger partial charge in [0.15, 0.2) is 0 Å². The van der Waals surface area contributed by atoms with E-state index in [2.05, 4.69) is 24.3 Å². The molecule has 1 aliphatic rings. The first-order valence-corrected chi connectivity index (χ1v) is 7.05. The van der Waals surface area contributed by atoms with Crippen LogP contribution in [0.15, 0.2) is 24.3 Å². The minimum absolute atomic E-state index is 0.187. The molecule has 0 bridgehead atoms. The molecule has 1 rings (SSSR count). The fourth-order valence-electron chi connectivity index (χ4n) is 2.34. The third-order valence-electron chi connectivity index (χ3n) is 3.41. The first-order valence-electron chi connectivity index (χ1n) is 7.05. The van der Waals surface area contributed by atoms with Crippen LogP contribution in [0.4, 0.5) is 0 Å². The van der Waals surface area contributed by atoms with Crippen molar-refractivity contribution >= 4 is 5.78 Å². The molecule has 1 aliphatic carbocycles. The van der Waals surface area contributed by atoms with Gasteiger partial charge in [0.2, 0.25) is 0 Å². The zero-order valence-corrected chi connectivity index (χ0v) is 11.3. The van der Waals surface area contributed by atoms with Crippen LogP contribution in [-0.4, -0.2) is 5.78 Å². The first kappa shape index (κ1) is 14.2. The van der Waals surface area contributed by atoms with E-state index in [-0.39, 0.29) is 11.8 Å². The lowest BCUT2D eigenvalue weighted by Gasteiger charge is -2.17. The Morgan fingerprint density at radius 3 is 2.18 bits per heavy atom. The fraction of sp³-hybridized carbons (Fsp3) is 0.688. The van der Waals surface area contributed by atoms with Gasteiger partial charge in [0, 0.05) is 11.8 Å². The Morgan fingerprint density at radius 2 is 1.53 bits per heavy atom. The maximum Gasteiger partial charge on any atom is 0.138 e. The molecule has 0 aliphatic heterocycles. The molecule has 0 saturated carbocycles. The van der Waals surface area contributed by atoms with Crippen molar-refractivity contribution in [3.05, 3.63) is 24.3 Å². The number of carbonyl (C=O) groups excluding carboxylic acids is 1. The summed E-state index contributed by atoms with van der Waals surface area (Å²) in [6.07, 6.45) is 16.8. The predicted octanol–water partition coefficient (Wildman–Crippen LogP) is 4.68. The van der Waals surface area contributed by atoms with Crippen molar-refractivity contribution < 1.29 is 4.79 Å². The maximum absolute atomic E-state index is 12.1. The summed E-state index contributed by atoms with van der Waals surface area (Å²) in [5.41, 5.74) is 0. The summed E-state index contributed by atoms with van der Waals surface area (Å²) < 4.78 is 0.